The molecular weight excluding hydrogens is 345 g/mol. The molecule has 1 heterocycles. The van der Waals surface area contributed by atoms with Gasteiger partial charge in [0.25, 0.3) is 0 Å². The SMILES string of the molecule is CC(=O)NC[C@H]1CN(c2ccc(NC(=O)OC(C)(C)C)c(F)c2)C(=O)O1. The lowest BCUT2D eigenvalue weighted by atomic mass is 10.2. The molecule has 0 radical (unpaired) electrons. The Morgan fingerprint density at radius 2 is 2.08 bits per heavy atom. The van der Waals surface area contributed by atoms with Crippen LogP contribution in [0.15, 0.2) is 18.2 Å². The highest BCUT2D eigenvalue weighted by Gasteiger charge is 2.32. The van der Waals surface area contributed by atoms with Gasteiger partial charge in [-0.05, 0) is 39.0 Å². The summed E-state index contributed by atoms with van der Waals surface area (Å²) in [5, 5.41) is 4.88. The Morgan fingerprint density at radius 3 is 2.65 bits per heavy atom. The van der Waals surface area contributed by atoms with Gasteiger partial charge in [0.1, 0.15) is 17.5 Å². The lowest BCUT2D eigenvalue weighted by Crippen LogP contribution is -2.33. The molecular formula is C17H22FN3O5. The number of ether oxygens (including phenoxy) is 2. The molecule has 8 nitrogen and oxygen atoms in total. The number of carbonyl (C=O) groups excluding carboxylic acids is 3. The highest BCUT2D eigenvalue weighted by Crippen LogP contribution is 2.26. The van der Waals surface area contributed by atoms with E-state index < -0.39 is 29.7 Å². The van der Waals surface area contributed by atoms with Crippen molar-refractivity contribution in [2.75, 3.05) is 23.3 Å². The maximum atomic E-state index is 14.3. The van der Waals surface area contributed by atoms with Crippen LogP contribution in [0.2, 0.25) is 0 Å². The Labute approximate surface area is 150 Å². The summed E-state index contributed by atoms with van der Waals surface area (Å²) in [5.74, 6) is -0.949. The molecule has 0 aliphatic carbocycles. The number of rotatable bonds is 4. The average molecular weight is 367 g/mol. The highest BCUT2D eigenvalue weighted by atomic mass is 19.1. The first-order chi connectivity index (χ1) is 12.0. The topological polar surface area (TPSA) is 97.0 Å². The van der Waals surface area contributed by atoms with Crippen LogP contribution < -0.4 is 15.5 Å². The molecule has 0 unspecified atom stereocenters. The summed E-state index contributed by atoms with van der Waals surface area (Å²) in [7, 11) is 0. The van der Waals surface area contributed by atoms with Gasteiger partial charge in [-0.3, -0.25) is 15.0 Å². The molecule has 2 rings (SSSR count). The molecule has 1 fully saturated rings. The van der Waals surface area contributed by atoms with Crippen molar-refractivity contribution in [3.8, 4) is 0 Å². The van der Waals surface area contributed by atoms with Crippen molar-refractivity contribution in [1.29, 1.82) is 0 Å². The number of anilines is 2. The molecule has 1 atom stereocenters. The third-order valence-electron chi connectivity index (χ3n) is 3.35. The number of nitrogens with one attached hydrogen (secondary N) is 2. The van der Waals surface area contributed by atoms with E-state index in [2.05, 4.69) is 10.6 Å². The third-order valence-corrected chi connectivity index (χ3v) is 3.35. The van der Waals surface area contributed by atoms with E-state index in [1.807, 2.05) is 0 Å². The van der Waals surface area contributed by atoms with E-state index >= 15 is 0 Å². The van der Waals surface area contributed by atoms with Gasteiger partial charge in [-0.25, -0.2) is 14.0 Å². The molecule has 0 spiro atoms. The molecule has 0 saturated carbocycles. The molecule has 1 aliphatic rings. The Morgan fingerprint density at radius 1 is 1.38 bits per heavy atom. The Bertz CT molecular complexity index is 717. The van der Waals surface area contributed by atoms with Gasteiger partial charge in [-0.15, -0.1) is 0 Å². The van der Waals surface area contributed by atoms with E-state index in [9.17, 15) is 18.8 Å². The minimum absolute atomic E-state index is 0.0645. The summed E-state index contributed by atoms with van der Waals surface area (Å²) in [4.78, 5) is 35.9. The van der Waals surface area contributed by atoms with Crippen molar-refractivity contribution in [3.63, 3.8) is 0 Å². The first-order valence-electron chi connectivity index (χ1n) is 8.07. The monoisotopic (exact) mass is 367 g/mol. The summed E-state index contributed by atoms with van der Waals surface area (Å²) in [6, 6.07) is 3.94. The fourth-order valence-electron chi connectivity index (χ4n) is 2.28. The fourth-order valence-corrected chi connectivity index (χ4v) is 2.28. The van der Waals surface area contributed by atoms with Crippen LogP contribution >= 0.6 is 0 Å². The van der Waals surface area contributed by atoms with Crippen LogP contribution in [0.5, 0.6) is 0 Å². The van der Waals surface area contributed by atoms with Crippen LogP contribution in [0.25, 0.3) is 0 Å². The quantitative estimate of drug-likeness (QED) is 0.853. The first-order valence-corrected chi connectivity index (χ1v) is 8.07. The van der Waals surface area contributed by atoms with Crippen molar-refractivity contribution >= 4 is 29.5 Å². The Balaban J connectivity index is 2.03. The Kier molecular flexibility index (Phi) is 5.69. The molecule has 1 aromatic rings. The van der Waals surface area contributed by atoms with Crippen LogP contribution in [0.1, 0.15) is 27.7 Å². The number of carbonyl (C=O) groups is 3. The number of nitrogens with zero attached hydrogens (tertiary/aromatic N) is 1. The second kappa shape index (κ2) is 7.59. The second-order valence-electron chi connectivity index (χ2n) is 6.84. The fraction of sp³-hybridized carbons (Fsp3) is 0.471. The highest BCUT2D eigenvalue weighted by molar-refractivity contribution is 5.91. The van der Waals surface area contributed by atoms with Gasteiger partial charge in [0, 0.05) is 6.92 Å². The van der Waals surface area contributed by atoms with E-state index in [0.29, 0.717) is 0 Å². The van der Waals surface area contributed by atoms with Gasteiger partial charge in [-0.1, -0.05) is 0 Å². The molecule has 1 saturated heterocycles. The van der Waals surface area contributed by atoms with Crippen molar-refractivity contribution in [2.45, 2.75) is 39.4 Å². The van der Waals surface area contributed by atoms with Crippen molar-refractivity contribution in [2.24, 2.45) is 0 Å². The van der Waals surface area contributed by atoms with E-state index in [1.165, 1.54) is 24.0 Å². The molecule has 0 bridgehead atoms. The third kappa shape index (κ3) is 5.33. The van der Waals surface area contributed by atoms with Gasteiger partial charge in [0.2, 0.25) is 5.91 Å². The number of cyclic esters (lactones) is 1. The van der Waals surface area contributed by atoms with Gasteiger partial charge < -0.3 is 14.8 Å². The van der Waals surface area contributed by atoms with Gasteiger partial charge in [0.05, 0.1) is 24.5 Å². The largest absolute Gasteiger partial charge is 0.444 e. The van der Waals surface area contributed by atoms with Crippen molar-refractivity contribution in [1.82, 2.24) is 5.32 Å². The zero-order valence-corrected chi connectivity index (χ0v) is 15.1. The predicted octanol–water partition coefficient (Wildman–Crippen LogP) is 2.63. The van der Waals surface area contributed by atoms with Crippen molar-refractivity contribution < 1.29 is 28.2 Å². The number of amides is 3. The molecule has 3 amide bonds. The molecule has 2 N–H and O–H groups in total. The number of hydrogen-bond acceptors (Lipinski definition) is 5. The number of halogens is 1. The van der Waals surface area contributed by atoms with Crippen LogP contribution in [-0.2, 0) is 14.3 Å². The minimum atomic E-state index is -0.778. The van der Waals surface area contributed by atoms with E-state index in [-0.39, 0.29) is 30.4 Å². The summed E-state index contributed by atoms with van der Waals surface area (Å²) in [5.41, 5.74) is -0.485. The summed E-state index contributed by atoms with van der Waals surface area (Å²) < 4.78 is 24.5. The molecule has 9 heteroatoms. The van der Waals surface area contributed by atoms with Crippen LogP contribution in [0.4, 0.5) is 25.4 Å². The molecule has 26 heavy (non-hydrogen) atoms. The lowest BCUT2D eigenvalue weighted by Gasteiger charge is -2.20. The maximum absolute atomic E-state index is 14.3. The molecule has 142 valence electrons. The zero-order valence-electron chi connectivity index (χ0n) is 15.1. The van der Waals surface area contributed by atoms with E-state index in [1.54, 1.807) is 20.8 Å². The van der Waals surface area contributed by atoms with Crippen LogP contribution in [0.3, 0.4) is 0 Å². The standard InChI is InChI=1S/C17H22FN3O5/c1-10(22)19-8-12-9-21(16(24)25-12)11-5-6-14(13(18)7-11)20-15(23)26-17(2,3)4/h5-7,12H,8-9H2,1-4H3,(H,19,22)(H,20,23)/t12-/m0/s1. The van der Waals surface area contributed by atoms with Gasteiger partial charge >= 0.3 is 12.2 Å². The minimum Gasteiger partial charge on any atom is -0.444 e. The van der Waals surface area contributed by atoms with E-state index in [0.717, 1.165) is 6.07 Å². The summed E-state index contributed by atoms with van der Waals surface area (Å²) in [6.45, 7) is 6.81. The summed E-state index contributed by atoms with van der Waals surface area (Å²) >= 11 is 0. The average Bonchev–Trinajstić information content (AvgIpc) is 2.86. The Hall–Kier alpha value is -2.84. The summed E-state index contributed by atoms with van der Waals surface area (Å²) in [6.07, 6.45) is -1.93. The van der Waals surface area contributed by atoms with Gasteiger partial charge in [-0.2, -0.15) is 0 Å². The first kappa shape index (κ1) is 19.5. The lowest BCUT2D eigenvalue weighted by molar-refractivity contribution is -0.119. The number of hydrogen-bond donors (Lipinski definition) is 2. The second-order valence-corrected chi connectivity index (χ2v) is 6.84. The van der Waals surface area contributed by atoms with Gasteiger partial charge in [0.15, 0.2) is 0 Å². The normalized spacial score (nSPS) is 16.9. The van der Waals surface area contributed by atoms with E-state index in [4.69, 9.17) is 9.47 Å². The predicted molar refractivity (Wildman–Crippen MR) is 92.6 cm³/mol. The number of benzene rings is 1. The molecule has 1 aliphatic heterocycles. The van der Waals surface area contributed by atoms with Crippen LogP contribution in [-0.4, -0.2) is 42.9 Å². The zero-order chi connectivity index (χ0) is 19.5. The van der Waals surface area contributed by atoms with Crippen LogP contribution in [0, 0.1) is 5.82 Å². The molecule has 1 aromatic carbocycles. The maximum Gasteiger partial charge on any atom is 0.414 e. The van der Waals surface area contributed by atoms with Crippen molar-refractivity contribution in [3.05, 3.63) is 24.0 Å². The smallest absolute Gasteiger partial charge is 0.414 e. The molecule has 0 aromatic heterocycles.